The Morgan fingerprint density at radius 3 is 2.23 bits per heavy atom. The van der Waals surface area contributed by atoms with E-state index < -0.39 is 5.92 Å². The minimum atomic E-state index is -0.402. The molecule has 0 aromatic heterocycles. The van der Waals surface area contributed by atoms with Crippen molar-refractivity contribution in [2.75, 3.05) is 6.61 Å². The zero-order valence-electron chi connectivity index (χ0n) is 18.4. The summed E-state index contributed by atoms with van der Waals surface area (Å²) in [6.07, 6.45) is 1.20. The van der Waals surface area contributed by atoms with Crippen molar-refractivity contribution in [1.82, 2.24) is 5.32 Å². The highest BCUT2D eigenvalue weighted by molar-refractivity contribution is 6.04. The molecular weight excluding hydrogens is 386 g/mol. The van der Waals surface area contributed by atoms with E-state index in [-0.39, 0.29) is 23.6 Å². The van der Waals surface area contributed by atoms with Crippen LogP contribution in [0.3, 0.4) is 0 Å². The number of carbonyl (C=O) groups excluding carboxylic acids is 2. The highest BCUT2D eigenvalue weighted by Crippen LogP contribution is 2.45. The van der Waals surface area contributed by atoms with Crippen LogP contribution in [0.2, 0.25) is 0 Å². The molecule has 31 heavy (non-hydrogen) atoms. The van der Waals surface area contributed by atoms with Crippen molar-refractivity contribution in [2.24, 2.45) is 5.92 Å². The van der Waals surface area contributed by atoms with Crippen LogP contribution in [0.25, 0.3) is 0 Å². The Hall–Kier alpha value is -3.14. The van der Waals surface area contributed by atoms with Gasteiger partial charge < -0.3 is 10.1 Å². The predicted molar refractivity (Wildman–Crippen MR) is 121 cm³/mol. The lowest BCUT2D eigenvalue weighted by Crippen LogP contribution is -2.36. The summed E-state index contributed by atoms with van der Waals surface area (Å²) < 4.78 is 5.60. The normalized spacial score (nSPS) is 21.1. The quantitative estimate of drug-likeness (QED) is 0.678. The van der Waals surface area contributed by atoms with Crippen LogP contribution in [-0.4, -0.2) is 18.4 Å². The number of esters is 1. The van der Waals surface area contributed by atoms with Crippen LogP contribution < -0.4 is 5.32 Å². The third-order valence-electron chi connectivity index (χ3n) is 6.00. The van der Waals surface area contributed by atoms with Gasteiger partial charge in [-0.15, -0.1) is 0 Å². The molecular formula is C27H29NO3. The largest absolute Gasteiger partial charge is 0.462 e. The lowest BCUT2D eigenvalue weighted by molar-refractivity contribution is -0.140. The van der Waals surface area contributed by atoms with E-state index in [1.165, 1.54) is 5.56 Å². The van der Waals surface area contributed by atoms with Crippen LogP contribution in [0.15, 0.2) is 83.2 Å². The molecule has 0 saturated carbocycles. The Morgan fingerprint density at radius 1 is 1.00 bits per heavy atom. The van der Waals surface area contributed by atoms with Gasteiger partial charge >= 0.3 is 5.97 Å². The molecule has 2 atom stereocenters. The number of hydrogen-bond donors (Lipinski definition) is 1. The minimum Gasteiger partial charge on any atom is -0.462 e. The predicted octanol–water partition coefficient (Wildman–Crippen LogP) is 5.25. The molecule has 0 unspecified atom stereocenters. The van der Waals surface area contributed by atoms with E-state index >= 15 is 0 Å². The first-order valence-electron chi connectivity index (χ1n) is 11.0. The number of ketones is 1. The number of dihydropyridines is 1. The topological polar surface area (TPSA) is 55.4 Å². The standard InChI is InChI=1S/C27H29NO3/c1-17(2)16-31-27(30)24-18(3)28-22-14-21(19-10-6-4-7-11-19)15-23(29)26(22)25(24)20-12-8-5-9-13-20/h4-13,17,21,25,28H,14-16H2,1-3H3/t21-,25-/m0/s1. The molecule has 0 bridgehead atoms. The van der Waals surface area contributed by atoms with Crippen LogP contribution in [0.4, 0.5) is 0 Å². The van der Waals surface area contributed by atoms with Gasteiger partial charge in [0.25, 0.3) is 0 Å². The van der Waals surface area contributed by atoms with E-state index in [1.807, 2.05) is 69.3 Å². The van der Waals surface area contributed by atoms with Gasteiger partial charge in [0.15, 0.2) is 5.78 Å². The van der Waals surface area contributed by atoms with E-state index in [0.29, 0.717) is 24.2 Å². The van der Waals surface area contributed by atoms with E-state index in [2.05, 4.69) is 17.4 Å². The molecule has 0 fully saturated rings. The first-order valence-corrected chi connectivity index (χ1v) is 11.0. The zero-order chi connectivity index (χ0) is 22.0. The molecule has 4 rings (SSSR count). The van der Waals surface area contributed by atoms with Gasteiger partial charge in [-0.1, -0.05) is 74.5 Å². The Kier molecular flexibility index (Phi) is 6.08. The second-order valence-corrected chi connectivity index (χ2v) is 8.83. The Balaban J connectivity index is 1.75. The van der Waals surface area contributed by atoms with Crippen molar-refractivity contribution >= 4 is 11.8 Å². The number of allylic oxidation sites excluding steroid dienone is 3. The number of nitrogens with one attached hydrogen (secondary N) is 1. The van der Waals surface area contributed by atoms with Gasteiger partial charge in [-0.2, -0.15) is 0 Å². The summed E-state index contributed by atoms with van der Waals surface area (Å²) in [6, 6.07) is 20.0. The average Bonchev–Trinajstić information content (AvgIpc) is 2.77. The fourth-order valence-corrected chi connectivity index (χ4v) is 4.57. The molecule has 1 aliphatic heterocycles. The van der Waals surface area contributed by atoms with Crippen LogP contribution in [-0.2, 0) is 14.3 Å². The van der Waals surface area contributed by atoms with Crippen molar-refractivity contribution in [2.45, 2.75) is 45.4 Å². The van der Waals surface area contributed by atoms with Gasteiger partial charge in [0, 0.05) is 29.3 Å². The number of carbonyl (C=O) groups is 2. The summed E-state index contributed by atoms with van der Waals surface area (Å²) in [4.78, 5) is 26.6. The van der Waals surface area contributed by atoms with Gasteiger partial charge in [0.2, 0.25) is 0 Å². The highest BCUT2D eigenvalue weighted by Gasteiger charge is 2.41. The molecule has 2 aromatic carbocycles. The van der Waals surface area contributed by atoms with Gasteiger partial charge in [0.05, 0.1) is 12.2 Å². The Labute approximate surface area is 184 Å². The van der Waals surface area contributed by atoms with Crippen molar-refractivity contribution < 1.29 is 14.3 Å². The molecule has 1 aliphatic carbocycles. The Bertz CT molecular complexity index is 1030. The highest BCUT2D eigenvalue weighted by atomic mass is 16.5. The molecule has 160 valence electrons. The minimum absolute atomic E-state index is 0.0955. The second kappa shape index (κ2) is 8.93. The van der Waals surface area contributed by atoms with Crippen LogP contribution >= 0.6 is 0 Å². The Morgan fingerprint density at radius 2 is 1.61 bits per heavy atom. The summed E-state index contributed by atoms with van der Waals surface area (Å²) in [5, 5.41) is 3.40. The van der Waals surface area contributed by atoms with Gasteiger partial charge in [-0.05, 0) is 36.3 Å². The number of benzene rings is 2. The smallest absolute Gasteiger partial charge is 0.336 e. The fourth-order valence-electron chi connectivity index (χ4n) is 4.57. The second-order valence-electron chi connectivity index (χ2n) is 8.83. The maximum Gasteiger partial charge on any atom is 0.336 e. The van der Waals surface area contributed by atoms with E-state index in [4.69, 9.17) is 4.74 Å². The maximum atomic E-state index is 13.5. The molecule has 0 spiro atoms. The monoisotopic (exact) mass is 415 g/mol. The lowest BCUT2D eigenvalue weighted by atomic mass is 9.72. The third-order valence-corrected chi connectivity index (χ3v) is 6.00. The average molecular weight is 416 g/mol. The summed E-state index contributed by atoms with van der Waals surface area (Å²) in [5.41, 5.74) is 5.06. The van der Waals surface area contributed by atoms with Crippen LogP contribution in [0.1, 0.15) is 56.6 Å². The molecule has 1 N–H and O–H groups in total. The van der Waals surface area contributed by atoms with Crippen molar-refractivity contribution in [3.05, 3.63) is 94.3 Å². The van der Waals surface area contributed by atoms with Gasteiger partial charge in [-0.3, -0.25) is 4.79 Å². The SMILES string of the molecule is CC1=C(C(=O)OCC(C)C)[C@H](c2ccccc2)C2=C(C[C@H](c3ccccc3)CC2=O)N1. The molecule has 0 amide bonds. The van der Waals surface area contributed by atoms with Crippen molar-refractivity contribution in [3.8, 4) is 0 Å². The summed E-state index contributed by atoms with van der Waals surface area (Å²) in [7, 11) is 0. The maximum absolute atomic E-state index is 13.5. The fraction of sp³-hybridized carbons (Fsp3) is 0.333. The van der Waals surface area contributed by atoms with Gasteiger partial charge in [-0.25, -0.2) is 4.79 Å². The molecule has 4 nitrogen and oxygen atoms in total. The molecule has 1 heterocycles. The van der Waals surface area contributed by atoms with E-state index in [0.717, 1.165) is 23.4 Å². The van der Waals surface area contributed by atoms with Crippen molar-refractivity contribution in [3.63, 3.8) is 0 Å². The van der Waals surface area contributed by atoms with Crippen LogP contribution in [0.5, 0.6) is 0 Å². The summed E-state index contributed by atoms with van der Waals surface area (Å²) >= 11 is 0. The number of ether oxygens (including phenoxy) is 1. The first-order chi connectivity index (χ1) is 15.0. The summed E-state index contributed by atoms with van der Waals surface area (Å²) in [6.45, 7) is 6.28. The first kappa shape index (κ1) is 21.1. The molecule has 2 aliphatic rings. The number of Topliss-reactive ketones (excluding diaryl/α,β-unsaturated/α-hetero) is 1. The summed E-state index contributed by atoms with van der Waals surface area (Å²) in [5.74, 6) is -0.274. The van der Waals surface area contributed by atoms with Crippen LogP contribution in [0, 0.1) is 5.92 Å². The zero-order valence-corrected chi connectivity index (χ0v) is 18.4. The van der Waals surface area contributed by atoms with E-state index in [1.54, 1.807) is 0 Å². The molecule has 4 heteroatoms. The molecule has 0 saturated heterocycles. The number of hydrogen-bond acceptors (Lipinski definition) is 4. The lowest BCUT2D eigenvalue weighted by Gasteiger charge is -2.36. The van der Waals surface area contributed by atoms with Crippen molar-refractivity contribution in [1.29, 1.82) is 0 Å². The molecule has 0 radical (unpaired) electrons. The van der Waals surface area contributed by atoms with E-state index in [9.17, 15) is 9.59 Å². The molecule has 2 aromatic rings. The third kappa shape index (κ3) is 4.34. The van der Waals surface area contributed by atoms with Gasteiger partial charge in [0.1, 0.15) is 0 Å². The number of rotatable bonds is 5.